The summed E-state index contributed by atoms with van der Waals surface area (Å²) in [5.74, 6) is -0.772. The Morgan fingerprint density at radius 3 is 2.67 bits per heavy atom. The van der Waals surface area contributed by atoms with E-state index in [-0.39, 0.29) is 31.0 Å². The first-order valence-corrected chi connectivity index (χ1v) is 6.07. The van der Waals surface area contributed by atoms with E-state index in [1.165, 1.54) is 0 Å². The predicted octanol–water partition coefficient (Wildman–Crippen LogP) is -0.794. The molecule has 2 aliphatic heterocycles. The molecule has 1 unspecified atom stereocenters. The second kappa shape index (κ2) is 5.53. The maximum absolute atomic E-state index is 12.1. The van der Waals surface area contributed by atoms with Crippen LogP contribution in [0.15, 0.2) is 0 Å². The monoisotopic (exact) mass is 258 g/mol. The lowest BCUT2D eigenvalue weighted by Crippen LogP contribution is -2.60. The van der Waals surface area contributed by atoms with E-state index in [1.54, 1.807) is 9.80 Å². The van der Waals surface area contributed by atoms with E-state index in [4.69, 9.17) is 9.84 Å². The molecule has 2 N–H and O–H groups in total. The molecule has 18 heavy (non-hydrogen) atoms. The van der Waals surface area contributed by atoms with Gasteiger partial charge in [-0.25, -0.2) is 4.79 Å². The van der Waals surface area contributed by atoms with Gasteiger partial charge in [-0.15, -0.1) is 0 Å². The Bertz CT molecular complexity index is 329. The van der Waals surface area contributed by atoms with Gasteiger partial charge < -0.3 is 24.7 Å². The molecule has 2 heterocycles. The van der Waals surface area contributed by atoms with Gasteiger partial charge in [0, 0.05) is 25.6 Å². The summed E-state index contributed by atoms with van der Waals surface area (Å²) in [6.07, 6.45) is 0.107. The minimum absolute atomic E-state index is 0.0556. The lowest BCUT2D eigenvalue weighted by atomic mass is 9.97. The van der Waals surface area contributed by atoms with Crippen molar-refractivity contribution >= 4 is 12.0 Å². The number of carbonyl (C=O) groups excluding carboxylic acids is 1. The van der Waals surface area contributed by atoms with Crippen molar-refractivity contribution in [3.05, 3.63) is 0 Å². The number of carboxylic acid groups (broad SMARTS) is 1. The highest BCUT2D eigenvalue weighted by atomic mass is 16.5. The number of nitrogens with zero attached hydrogens (tertiary/aromatic N) is 2. The van der Waals surface area contributed by atoms with E-state index in [2.05, 4.69) is 0 Å². The van der Waals surface area contributed by atoms with Crippen molar-refractivity contribution < 1.29 is 24.5 Å². The fourth-order valence-electron chi connectivity index (χ4n) is 2.34. The van der Waals surface area contributed by atoms with Crippen LogP contribution in [0.3, 0.4) is 0 Å². The summed E-state index contributed by atoms with van der Waals surface area (Å²) >= 11 is 0. The van der Waals surface area contributed by atoms with Crippen LogP contribution in [0, 0.1) is 5.92 Å². The van der Waals surface area contributed by atoms with Gasteiger partial charge in [-0.05, 0) is 0 Å². The Kier molecular flexibility index (Phi) is 4.03. The number of hydrogen-bond acceptors (Lipinski definition) is 4. The van der Waals surface area contributed by atoms with Crippen molar-refractivity contribution in [1.29, 1.82) is 0 Å². The lowest BCUT2D eigenvalue weighted by Gasteiger charge is -2.44. The SMILES string of the molecule is O=C(O)CC1CN(C(=O)N2CCOCC2CO)C1. The molecule has 7 heteroatoms. The lowest BCUT2D eigenvalue weighted by molar-refractivity contribution is -0.139. The number of likely N-dealkylation sites (tertiary alicyclic amines) is 1. The van der Waals surface area contributed by atoms with Crippen LogP contribution in [0.25, 0.3) is 0 Å². The molecule has 0 saturated carbocycles. The van der Waals surface area contributed by atoms with Gasteiger partial charge in [0.1, 0.15) is 0 Å². The first-order chi connectivity index (χ1) is 8.61. The van der Waals surface area contributed by atoms with Crippen molar-refractivity contribution in [2.75, 3.05) is 39.5 Å². The third-order valence-electron chi connectivity index (χ3n) is 3.37. The van der Waals surface area contributed by atoms with Crippen LogP contribution >= 0.6 is 0 Å². The van der Waals surface area contributed by atoms with Crippen LogP contribution in [0.2, 0.25) is 0 Å². The first-order valence-electron chi connectivity index (χ1n) is 6.07. The predicted molar refractivity (Wildman–Crippen MR) is 61.1 cm³/mol. The molecule has 0 aromatic heterocycles. The number of carbonyl (C=O) groups is 2. The van der Waals surface area contributed by atoms with Crippen LogP contribution in [0.1, 0.15) is 6.42 Å². The zero-order chi connectivity index (χ0) is 13.1. The molecule has 0 aromatic carbocycles. The summed E-state index contributed by atoms with van der Waals surface area (Å²) in [4.78, 5) is 25.9. The number of urea groups is 1. The summed E-state index contributed by atoms with van der Waals surface area (Å²) in [5, 5.41) is 17.8. The second-order valence-electron chi connectivity index (χ2n) is 4.76. The zero-order valence-electron chi connectivity index (χ0n) is 10.1. The van der Waals surface area contributed by atoms with Crippen molar-refractivity contribution in [2.45, 2.75) is 12.5 Å². The van der Waals surface area contributed by atoms with E-state index in [1.807, 2.05) is 0 Å². The van der Waals surface area contributed by atoms with Crippen LogP contribution in [0.4, 0.5) is 4.79 Å². The number of aliphatic hydroxyl groups is 1. The minimum atomic E-state index is -0.827. The molecule has 0 bridgehead atoms. The molecule has 0 spiro atoms. The van der Waals surface area contributed by atoms with Gasteiger partial charge in [-0.2, -0.15) is 0 Å². The minimum Gasteiger partial charge on any atom is -0.481 e. The summed E-state index contributed by atoms with van der Waals surface area (Å²) in [5.41, 5.74) is 0. The highest BCUT2D eigenvalue weighted by Crippen LogP contribution is 2.22. The van der Waals surface area contributed by atoms with Gasteiger partial charge in [0.25, 0.3) is 0 Å². The van der Waals surface area contributed by atoms with Crippen LogP contribution in [0.5, 0.6) is 0 Å². The molecular formula is C11H18N2O5. The molecule has 0 aliphatic carbocycles. The number of carboxylic acids is 1. The maximum Gasteiger partial charge on any atom is 0.320 e. The highest BCUT2D eigenvalue weighted by Gasteiger charge is 2.37. The van der Waals surface area contributed by atoms with E-state index >= 15 is 0 Å². The molecule has 2 rings (SSSR count). The Balaban J connectivity index is 1.83. The van der Waals surface area contributed by atoms with Crippen LogP contribution < -0.4 is 0 Å². The van der Waals surface area contributed by atoms with Crippen molar-refractivity contribution in [2.24, 2.45) is 5.92 Å². The molecule has 2 amide bonds. The highest BCUT2D eigenvalue weighted by molar-refractivity contribution is 5.76. The Labute approximate surface area is 105 Å². The number of aliphatic hydroxyl groups excluding tert-OH is 1. The Hall–Kier alpha value is -1.34. The third kappa shape index (κ3) is 2.73. The first kappa shape index (κ1) is 13.1. The normalized spacial score (nSPS) is 24.8. The summed E-state index contributed by atoms with van der Waals surface area (Å²) < 4.78 is 5.21. The Morgan fingerprint density at radius 2 is 2.06 bits per heavy atom. The van der Waals surface area contributed by atoms with Gasteiger partial charge in [0.15, 0.2) is 0 Å². The summed E-state index contributed by atoms with van der Waals surface area (Å²) in [6, 6.07) is -0.413. The van der Waals surface area contributed by atoms with E-state index in [0.29, 0.717) is 32.8 Å². The van der Waals surface area contributed by atoms with E-state index in [9.17, 15) is 14.7 Å². The second-order valence-corrected chi connectivity index (χ2v) is 4.76. The van der Waals surface area contributed by atoms with E-state index < -0.39 is 5.97 Å². The fourth-order valence-corrected chi connectivity index (χ4v) is 2.34. The fraction of sp³-hybridized carbons (Fsp3) is 0.818. The number of amides is 2. The summed E-state index contributed by atoms with van der Waals surface area (Å²) in [7, 11) is 0. The van der Waals surface area contributed by atoms with Crippen LogP contribution in [-0.2, 0) is 9.53 Å². The molecule has 7 nitrogen and oxygen atoms in total. The smallest absolute Gasteiger partial charge is 0.320 e. The molecule has 102 valence electrons. The standard InChI is InChI=1S/C11H18N2O5/c14-6-9-7-18-2-1-13(9)11(17)12-4-8(5-12)3-10(15)16/h8-9,14H,1-7H2,(H,15,16). The number of hydrogen-bond donors (Lipinski definition) is 2. The van der Waals surface area contributed by atoms with Gasteiger partial charge in [0.2, 0.25) is 0 Å². The molecule has 0 aromatic rings. The van der Waals surface area contributed by atoms with Crippen molar-refractivity contribution in [3.8, 4) is 0 Å². The third-order valence-corrected chi connectivity index (χ3v) is 3.37. The number of rotatable bonds is 3. The van der Waals surface area contributed by atoms with E-state index in [0.717, 1.165) is 0 Å². The molecule has 0 radical (unpaired) electrons. The van der Waals surface area contributed by atoms with Gasteiger partial charge in [-0.3, -0.25) is 4.79 Å². The summed E-state index contributed by atoms with van der Waals surface area (Å²) in [6.45, 7) is 2.17. The Morgan fingerprint density at radius 1 is 1.33 bits per heavy atom. The van der Waals surface area contributed by atoms with Crippen molar-refractivity contribution in [3.63, 3.8) is 0 Å². The topological polar surface area (TPSA) is 90.3 Å². The number of ether oxygens (including phenoxy) is 1. The molecular weight excluding hydrogens is 240 g/mol. The number of aliphatic carboxylic acids is 1. The molecule has 1 atom stereocenters. The number of morpholine rings is 1. The van der Waals surface area contributed by atoms with Gasteiger partial charge in [-0.1, -0.05) is 0 Å². The van der Waals surface area contributed by atoms with Crippen LogP contribution in [-0.4, -0.2) is 77.5 Å². The average Bonchev–Trinajstić information content (AvgIpc) is 2.32. The largest absolute Gasteiger partial charge is 0.481 e. The van der Waals surface area contributed by atoms with Gasteiger partial charge >= 0.3 is 12.0 Å². The molecule has 2 aliphatic rings. The van der Waals surface area contributed by atoms with Crippen molar-refractivity contribution in [1.82, 2.24) is 9.80 Å². The zero-order valence-corrected chi connectivity index (χ0v) is 10.1. The average molecular weight is 258 g/mol. The van der Waals surface area contributed by atoms with Gasteiger partial charge in [0.05, 0.1) is 32.3 Å². The molecule has 2 saturated heterocycles. The molecule has 2 fully saturated rings. The maximum atomic E-state index is 12.1. The quantitative estimate of drug-likeness (QED) is 0.692.